The van der Waals surface area contributed by atoms with Crippen molar-refractivity contribution < 1.29 is 4.79 Å². The molecule has 1 N–H and O–H groups in total. The molecule has 0 spiro atoms. The molecule has 2 saturated heterocycles. The zero-order valence-corrected chi connectivity index (χ0v) is 18.0. The van der Waals surface area contributed by atoms with Gasteiger partial charge in [0.25, 0.3) is 0 Å². The Morgan fingerprint density at radius 3 is 2.14 bits per heavy atom. The number of nitrogens with zero attached hydrogens (tertiary/aromatic N) is 2. The Balaban J connectivity index is 1.38. The second-order valence-corrected chi connectivity index (χ2v) is 8.78. The van der Waals surface area contributed by atoms with Gasteiger partial charge in [0.2, 0.25) is 0 Å². The number of fused-ring (bicyclic) bond motifs is 2. The first-order valence-electron chi connectivity index (χ1n) is 11.5. The van der Waals surface area contributed by atoms with Gasteiger partial charge in [-0.25, -0.2) is 4.79 Å². The highest BCUT2D eigenvalue weighted by atomic mass is 16.2. The first-order chi connectivity index (χ1) is 13.7. The largest absolute Gasteiger partial charge is 0.324 e. The summed E-state index contributed by atoms with van der Waals surface area (Å²) in [4.78, 5) is 16.7. The van der Waals surface area contributed by atoms with E-state index in [-0.39, 0.29) is 6.03 Å². The van der Waals surface area contributed by atoms with Crippen LogP contribution in [-0.2, 0) is 6.42 Å². The van der Waals surface area contributed by atoms with Gasteiger partial charge in [-0.3, -0.25) is 4.90 Å². The molecule has 2 aliphatic heterocycles. The van der Waals surface area contributed by atoms with Gasteiger partial charge in [0.05, 0.1) is 0 Å². The number of nitrogens with one attached hydrogen (secondary N) is 1. The van der Waals surface area contributed by atoms with Crippen LogP contribution in [0.15, 0.2) is 24.3 Å². The van der Waals surface area contributed by atoms with Gasteiger partial charge < -0.3 is 10.2 Å². The quantitative estimate of drug-likeness (QED) is 0.550. The number of benzene rings is 1. The summed E-state index contributed by atoms with van der Waals surface area (Å²) in [7, 11) is 1.90. The molecule has 0 saturated carbocycles. The molecule has 2 heterocycles. The number of hydrogen-bond donors (Lipinski definition) is 1. The van der Waals surface area contributed by atoms with Crippen LogP contribution < -0.4 is 10.2 Å². The fourth-order valence-electron chi connectivity index (χ4n) is 4.62. The third-order valence-corrected chi connectivity index (χ3v) is 6.42. The van der Waals surface area contributed by atoms with E-state index in [1.54, 1.807) is 0 Å². The summed E-state index contributed by atoms with van der Waals surface area (Å²) in [5.74, 6) is 0. The van der Waals surface area contributed by atoms with E-state index in [2.05, 4.69) is 36.5 Å². The molecule has 0 radical (unpaired) electrons. The molecule has 3 rings (SSSR count). The average molecular weight is 386 g/mol. The fraction of sp³-hybridized carbons (Fsp3) is 0.708. The number of carbonyl (C=O) groups excluding carboxylic acids is 1. The smallest absolute Gasteiger partial charge is 0.321 e. The van der Waals surface area contributed by atoms with Crippen molar-refractivity contribution in [3.05, 3.63) is 29.8 Å². The third kappa shape index (κ3) is 5.97. The third-order valence-electron chi connectivity index (χ3n) is 6.42. The molecule has 2 aliphatic rings. The topological polar surface area (TPSA) is 35.6 Å². The lowest BCUT2D eigenvalue weighted by molar-refractivity contribution is 0.182. The normalized spacial score (nSPS) is 21.1. The molecule has 0 aromatic heterocycles. The Labute approximate surface area is 171 Å². The Bertz CT molecular complexity index is 588. The van der Waals surface area contributed by atoms with Gasteiger partial charge in [-0.1, -0.05) is 64.0 Å². The summed E-state index contributed by atoms with van der Waals surface area (Å²) in [6, 6.07) is 9.72. The van der Waals surface area contributed by atoms with Crippen molar-refractivity contribution in [3.8, 4) is 0 Å². The van der Waals surface area contributed by atoms with E-state index in [0.717, 1.165) is 25.2 Å². The van der Waals surface area contributed by atoms with Crippen LogP contribution in [0.5, 0.6) is 0 Å². The molecule has 2 fully saturated rings. The van der Waals surface area contributed by atoms with Crippen molar-refractivity contribution in [2.45, 2.75) is 89.6 Å². The minimum Gasteiger partial charge on any atom is -0.321 e. The van der Waals surface area contributed by atoms with E-state index >= 15 is 0 Å². The second kappa shape index (κ2) is 10.8. The van der Waals surface area contributed by atoms with Crippen LogP contribution in [0, 0.1) is 0 Å². The standard InChI is InChI=1S/C24H39N3O/c1-3-4-5-6-7-8-9-10-11-20-12-16-23(17-13-20)26(2)24(28)27-18-21-14-15-22(19-27)25-21/h12-13,16-17,21-22,25H,3-11,14-15,18-19H2,1-2H3. The van der Waals surface area contributed by atoms with E-state index in [1.807, 2.05) is 16.8 Å². The molecule has 4 heteroatoms. The Morgan fingerprint density at radius 2 is 1.54 bits per heavy atom. The molecule has 2 bridgehead atoms. The van der Waals surface area contributed by atoms with Crippen molar-refractivity contribution in [3.63, 3.8) is 0 Å². The van der Waals surface area contributed by atoms with E-state index in [0.29, 0.717) is 12.1 Å². The molecule has 156 valence electrons. The van der Waals surface area contributed by atoms with Gasteiger partial charge in [-0.05, 0) is 43.4 Å². The van der Waals surface area contributed by atoms with Crippen LogP contribution in [0.2, 0.25) is 0 Å². The first-order valence-corrected chi connectivity index (χ1v) is 11.5. The maximum absolute atomic E-state index is 12.9. The Kier molecular flexibility index (Phi) is 8.20. The molecular weight excluding hydrogens is 346 g/mol. The highest BCUT2D eigenvalue weighted by Crippen LogP contribution is 2.23. The number of anilines is 1. The molecule has 1 aromatic rings. The summed E-state index contributed by atoms with van der Waals surface area (Å²) in [6.07, 6.45) is 14.4. The maximum Gasteiger partial charge on any atom is 0.324 e. The molecule has 2 atom stereocenters. The molecule has 1 aromatic carbocycles. The van der Waals surface area contributed by atoms with Crippen LogP contribution >= 0.6 is 0 Å². The predicted molar refractivity (Wildman–Crippen MR) is 118 cm³/mol. The van der Waals surface area contributed by atoms with Crippen LogP contribution in [0.3, 0.4) is 0 Å². The number of amides is 2. The first kappa shape index (κ1) is 21.2. The minimum atomic E-state index is 0.134. The van der Waals surface area contributed by atoms with E-state index in [1.165, 1.54) is 69.8 Å². The maximum atomic E-state index is 12.9. The lowest BCUT2D eigenvalue weighted by atomic mass is 10.0. The number of piperazine rings is 1. The van der Waals surface area contributed by atoms with Gasteiger partial charge >= 0.3 is 6.03 Å². The molecule has 0 aliphatic carbocycles. The second-order valence-electron chi connectivity index (χ2n) is 8.78. The zero-order chi connectivity index (χ0) is 19.8. The summed E-state index contributed by atoms with van der Waals surface area (Å²) < 4.78 is 0. The summed E-state index contributed by atoms with van der Waals surface area (Å²) >= 11 is 0. The van der Waals surface area contributed by atoms with Gasteiger partial charge in [-0.15, -0.1) is 0 Å². The highest BCUT2D eigenvalue weighted by Gasteiger charge is 2.35. The molecule has 28 heavy (non-hydrogen) atoms. The molecule has 4 nitrogen and oxygen atoms in total. The van der Waals surface area contributed by atoms with Crippen molar-refractivity contribution in [1.29, 1.82) is 0 Å². The Hall–Kier alpha value is -1.55. The van der Waals surface area contributed by atoms with Crippen LogP contribution in [0.1, 0.15) is 76.7 Å². The van der Waals surface area contributed by atoms with Crippen molar-refractivity contribution >= 4 is 11.7 Å². The van der Waals surface area contributed by atoms with Gasteiger partial charge in [-0.2, -0.15) is 0 Å². The number of rotatable bonds is 10. The van der Waals surface area contributed by atoms with E-state index < -0.39 is 0 Å². The summed E-state index contributed by atoms with van der Waals surface area (Å²) in [6.45, 7) is 3.96. The monoisotopic (exact) mass is 385 g/mol. The van der Waals surface area contributed by atoms with E-state index in [4.69, 9.17) is 0 Å². The lowest BCUT2D eigenvalue weighted by Gasteiger charge is -2.35. The number of likely N-dealkylation sites (tertiary alicyclic amines) is 1. The van der Waals surface area contributed by atoms with Gasteiger partial charge in [0.1, 0.15) is 0 Å². The number of aryl methyl sites for hydroxylation is 1. The number of unbranched alkanes of at least 4 members (excludes halogenated alkanes) is 7. The fourth-order valence-corrected chi connectivity index (χ4v) is 4.62. The Morgan fingerprint density at radius 1 is 0.964 bits per heavy atom. The number of hydrogen-bond acceptors (Lipinski definition) is 2. The molecule has 2 unspecified atom stereocenters. The van der Waals surface area contributed by atoms with Gasteiger partial charge in [0, 0.05) is 37.9 Å². The summed E-state index contributed by atoms with van der Waals surface area (Å²) in [5, 5.41) is 3.59. The van der Waals surface area contributed by atoms with Crippen molar-refractivity contribution in [1.82, 2.24) is 10.2 Å². The highest BCUT2D eigenvalue weighted by molar-refractivity contribution is 5.91. The predicted octanol–water partition coefficient (Wildman–Crippen LogP) is 5.36. The van der Waals surface area contributed by atoms with E-state index in [9.17, 15) is 4.79 Å². The van der Waals surface area contributed by atoms with Crippen LogP contribution in [-0.4, -0.2) is 43.2 Å². The lowest BCUT2D eigenvalue weighted by Crippen LogP contribution is -2.55. The van der Waals surface area contributed by atoms with Crippen LogP contribution in [0.25, 0.3) is 0 Å². The van der Waals surface area contributed by atoms with Crippen molar-refractivity contribution in [2.75, 3.05) is 25.0 Å². The molecule has 2 amide bonds. The number of carbonyl (C=O) groups is 1. The SMILES string of the molecule is CCCCCCCCCCc1ccc(N(C)C(=O)N2CC3CCC(C2)N3)cc1. The van der Waals surface area contributed by atoms with Crippen molar-refractivity contribution in [2.24, 2.45) is 0 Å². The molecular formula is C24H39N3O. The average Bonchev–Trinajstić information content (AvgIpc) is 3.07. The van der Waals surface area contributed by atoms with Crippen LogP contribution in [0.4, 0.5) is 10.5 Å². The number of urea groups is 1. The van der Waals surface area contributed by atoms with Gasteiger partial charge in [0.15, 0.2) is 0 Å². The zero-order valence-electron chi connectivity index (χ0n) is 18.0. The summed E-state index contributed by atoms with van der Waals surface area (Å²) in [5.41, 5.74) is 2.38. The minimum absolute atomic E-state index is 0.134.